The van der Waals surface area contributed by atoms with E-state index >= 15 is 0 Å². The monoisotopic (exact) mass is 824 g/mol. The lowest BCUT2D eigenvalue weighted by Gasteiger charge is -2.45. The Balaban J connectivity index is 1.61. The summed E-state index contributed by atoms with van der Waals surface area (Å²) in [4.78, 5) is 3.38. The second-order valence-corrected chi connectivity index (χ2v) is 23.8. The third kappa shape index (κ3) is 6.49. The number of thiophene rings is 1. The zero-order chi connectivity index (χ0) is 54.6. The molecule has 0 saturated heterocycles. The van der Waals surface area contributed by atoms with Crippen molar-refractivity contribution in [1.82, 2.24) is 0 Å². The van der Waals surface area contributed by atoms with E-state index in [4.69, 9.17) is 0 Å². The summed E-state index contributed by atoms with van der Waals surface area (Å²) in [6.45, 7) is 30.2. The normalized spacial score (nSPS) is 20.1. The van der Waals surface area contributed by atoms with Crippen molar-refractivity contribution in [3.05, 3.63) is 124 Å². The van der Waals surface area contributed by atoms with Gasteiger partial charge >= 0.3 is 0 Å². The molecule has 1 aliphatic carbocycles. The molecule has 0 amide bonds. The summed E-state index contributed by atoms with van der Waals surface area (Å²) in [5.41, 5.74) is 0.574. The minimum absolute atomic E-state index is 0.00892. The van der Waals surface area contributed by atoms with E-state index in [9.17, 15) is 17.8 Å². The van der Waals surface area contributed by atoms with Crippen LogP contribution in [0.25, 0.3) is 10.1 Å². The van der Waals surface area contributed by atoms with Crippen LogP contribution in [0.5, 0.6) is 0 Å². The Labute approximate surface area is 384 Å². The number of hydrogen-bond acceptors (Lipinski definition) is 3. The predicted octanol–water partition coefficient (Wildman–Crippen LogP) is 14.5. The Hall–Kier alpha value is -4.28. The molecule has 4 heteroatoms. The average molecular weight is 824 g/mol. The summed E-state index contributed by atoms with van der Waals surface area (Å²) < 4.78 is 130. The largest absolute Gasteiger partial charge is 0.311 e. The smallest absolute Gasteiger partial charge is 0.264 e. The van der Waals surface area contributed by atoms with E-state index < -0.39 is 39.2 Å². The maximum atomic E-state index is 10.5. The minimum atomic E-state index is -0.978. The molecule has 6 aromatic rings. The molecule has 0 unspecified atom stereocenters. The minimum Gasteiger partial charge on any atom is -0.311 e. The van der Waals surface area contributed by atoms with E-state index in [0.29, 0.717) is 54.1 Å². The molecular weight excluding hydrogens is 744 g/mol. The van der Waals surface area contributed by atoms with Crippen LogP contribution < -0.4 is 25.5 Å². The number of benzene rings is 5. The Morgan fingerprint density at radius 2 is 1.05 bits per heavy atom. The van der Waals surface area contributed by atoms with Crippen LogP contribution in [-0.4, -0.2) is 6.71 Å². The number of hydrogen-bond donors (Lipinski definition) is 0. The topological polar surface area (TPSA) is 6.48 Å². The second kappa shape index (κ2) is 13.1. The summed E-state index contributed by atoms with van der Waals surface area (Å²) >= 11 is 1.19. The summed E-state index contributed by atoms with van der Waals surface area (Å²) in [7, 11) is 0. The van der Waals surface area contributed by atoms with Gasteiger partial charge in [0.15, 0.2) is 0 Å². The molecule has 0 saturated carbocycles. The third-order valence-corrected chi connectivity index (χ3v) is 14.0. The molecule has 60 heavy (non-hydrogen) atoms. The molecule has 2 aliphatic heterocycles. The summed E-state index contributed by atoms with van der Waals surface area (Å²) in [5.74, 6) is 0. The van der Waals surface area contributed by atoms with Gasteiger partial charge in [0.25, 0.3) is 6.71 Å². The van der Waals surface area contributed by atoms with Crippen LogP contribution in [0.1, 0.15) is 175 Å². The fourth-order valence-electron chi connectivity index (χ4n) is 8.91. The number of nitrogens with zero attached hydrogens (tertiary/aromatic N) is 2. The summed E-state index contributed by atoms with van der Waals surface area (Å²) in [6.07, 6.45) is 1.46. The molecule has 3 aliphatic rings. The third-order valence-electron chi connectivity index (χ3n) is 12.9. The standard InChI is InChI=1S/C56H67BN2S/c1-51(2,3)34-17-21-38(22-18-34)58-44-25-19-36(53(7,8)9)30-43(44)57-48-45(58)31-37(54(10,11)12)32-46(48)59(39-23-24-41-42(33-39)56(15,16)28-27-55(41,13)14)49-40-29-35(52(4,5)6)20-26-47(40)60-50(49)57/h17-26,29-33H,27-28H2,1-16H3/i17D,18D,19D,20D,21D,22D,23D,24D,25D,26D,29D,30D,33D. The lowest BCUT2D eigenvalue weighted by atomic mass is 9.36. The van der Waals surface area contributed by atoms with E-state index in [1.165, 1.54) is 11.3 Å². The van der Waals surface area contributed by atoms with Gasteiger partial charge in [0, 0.05) is 43.3 Å². The summed E-state index contributed by atoms with van der Waals surface area (Å²) in [6, 6.07) is 1.73. The SMILES string of the molecule is [2H]c1c([2H])c(C(C)(C)C)c([2H])c([2H])c1N1c2cc(C(C)(C)C)cc3c2B(c2sc4c([2H])c([2H])c(C(C)(C)C)c([2H])c4c2N3c2c([2H])c([2H])c3c(c2[2H])C(C)(C)CCC3(C)C)c2c([2H])c(C(C)(C)C)c([2H])c([2H])c21. The van der Waals surface area contributed by atoms with Crippen LogP contribution in [0.15, 0.2) is 90.7 Å². The van der Waals surface area contributed by atoms with Crippen molar-refractivity contribution in [2.45, 2.75) is 156 Å². The first-order valence-electron chi connectivity index (χ1n) is 28.0. The first-order chi connectivity index (χ1) is 33.2. The number of fused-ring (bicyclic) bond motifs is 7. The van der Waals surface area contributed by atoms with E-state index in [1.807, 2.05) is 100 Å². The molecule has 3 heterocycles. The van der Waals surface area contributed by atoms with Crippen LogP contribution in [0.3, 0.4) is 0 Å². The van der Waals surface area contributed by atoms with Gasteiger partial charge in [-0.1, -0.05) is 147 Å². The zero-order valence-corrected chi connectivity index (χ0v) is 39.3. The van der Waals surface area contributed by atoms with Crippen molar-refractivity contribution < 1.29 is 17.8 Å². The molecule has 0 atom stereocenters. The molecule has 0 N–H and O–H groups in total. The van der Waals surface area contributed by atoms with Crippen LogP contribution in [0.4, 0.5) is 34.1 Å². The van der Waals surface area contributed by atoms with Gasteiger partial charge in [-0.3, -0.25) is 0 Å². The van der Waals surface area contributed by atoms with E-state index in [-0.39, 0.29) is 112 Å². The predicted molar refractivity (Wildman–Crippen MR) is 266 cm³/mol. The Bertz CT molecular complexity index is 3430. The zero-order valence-electron chi connectivity index (χ0n) is 51.4. The van der Waals surface area contributed by atoms with Crippen molar-refractivity contribution in [2.75, 3.05) is 9.80 Å². The van der Waals surface area contributed by atoms with Gasteiger partial charge in [0.2, 0.25) is 0 Å². The maximum absolute atomic E-state index is 10.5. The molecule has 2 nitrogen and oxygen atoms in total. The molecule has 9 rings (SSSR count). The molecule has 5 aromatic carbocycles. The molecular formula is C56H67BN2S. The molecule has 1 aromatic heterocycles. The van der Waals surface area contributed by atoms with Crippen molar-refractivity contribution in [3.63, 3.8) is 0 Å². The Morgan fingerprint density at radius 1 is 0.533 bits per heavy atom. The van der Waals surface area contributed by atoms with Crippen molar-refractivity contribution in [3.8, 4) is 0 Å². The van der Waals surface area contributed by atoms with Crippen LogP contribution >= 0.6 is 11.3 Å². The Kier molecular flexibility index (Phi) is 6.20. The highest BCUT2D eigenvalue weighted by Crippen LogP contribution is 2.52. The quantitative estimate of drug-likeness (QED) is 0.160. The van der Waals surface area contributed by atoms with Gasteiger partial charge in [-0.2, -0.15) is 0 Å². The Morgan fingerprint density at radius 3 is 1.65 bits per heavy atom. The maximum Gasteiger partial charge on any atom is 0.264 e. The fourth-order valence-corrected chi connectivity index (χ4v) is 10.1. The molecule has 0 fully saturated rings. The lowest BCUT2D eigenvalue weighted by molar-refractivity contribution is 0.332. The first-order valence-corrected chi connectivity index (χ1v) is 22.3. The molecule has 0 radical (unpaired) electrons. The van der Waals surface area contributed by atoms with E-state index in [1.54, 1.807) is 4.90 Å². The van der Waals surface area contributed by atoms with Gasteiger partial charge in [-0.05, 0) is 144 Å². The van der Waals surface area contributed by atoms with Gasteiger partial charge in [-0.15, -0.1) is 11.3 Å². The van der Waals surface area contributed by atoms with Crippen LogP contribution in [0, 0.1) is 0 Å². The van der Waals surface area contributed by atoms with Crippen LogP contribution in [-0.2, 0) is 32.5 Å². The fraction of sp³-hybridized carbons (Fsp3) is 0.429. The molecule has 0 spiro atoms. The van der Waals surface area contributed by atoms with Crippen molar-refractivity contribution >= 4 is 78.0 Å². The number of rotatable bonds is 2. The highest BCUT2D eigenvalue weighted by Gasteiger charge is 2.47. The number of anilines is 6. The average Bonchev–Trinajstić information content (AvgIpc) is 3.64. The molecule has 310 valence electrons. The summed E-state index contributed by atoms with van der Waals surface area (Å²) in [5, 5.41) is 0.328. The van der Waals surface area contributed by atoms with Crippen molar-refractivity contribution in [2.24, 2.45) is 0 Å². The van der Waals surface area contributed by atoms with Crippen LogP contribution in [0.2, 0.25) is 0 Å². The highest BCUT2D eigenvalue weighted by molar-refractivity contribution is 7.33. The highest BCUT2D eigenvalue weighted by atomic mass is 32.1. The van der Waals surface area contributed by atoms with E-state index in [2.05, 4.69) is 27.7 Å². The lowest BCUT2D eigenvalue weighted by Crippen LogP contribution is -2.60. The van der Waals surface area contributed by atoms with Gasteiger partial charge in [0.05, 0.1) is 23.5 Å². The van der Waals surface area contributed by atoms with E-state index in [0.717, 1.165) is 18.4 Å². The van der Waals surface area contributed by atoms with Crippen molar-refractivity contribution in [1.29, 1.82) is 0 Å². The van der Waals surface area contributed by atoms with Gasteiger partial charge in [0.1, 0.15) is 0 Å². The molecule has 0 bridgehead atoms. The van der Waals surface area contributed by atoms with Gasteiger partial charge in [-0.25, -0.2) is 0 Å². The second-order valence-electron chi connectivity index (χ2n) is 22.8. The van der Waals surface area contributed by atoms with Gasteiger partial charge < -0.3 is 9.80 Å². The first kappa shape index (κ1) is 28.3.